The molecular weight excluding hydrogens is 215 g/mol. The molecule has 0 aliphatic heterocycles. The summed E-state index contributed by atoms with van der Waals surface area (Å²) in [6.45, 7) is 0. The van der Waals surface area contributed by atoms with Gasteiger partial charge in [0, 0.05) is 11.8 Å². The summed E-state index contributed by atoms with van der Waals surface area (Å²) < 4.78 is 38.1. The quantitative estimate of drug-likeness (QED) is 0.718. The van der Waals surface area contributed by atoms with Crippen LogP contribution in [-0.2, 0) is 6.18 Å². The number of alkyl halides is 3. The summed E-state index contributed by atoms with van der Waals surface area (Å²) in [6.07, 6.45) is -2.91. The molecule has 0 spiro atoms. The van der Waals surface area contributed by atoms with Crippen LogP contribution < -0.4 is 0 Å². The fraction of sp³-hybridized carbons (Fsp3) is 0.0833. The first-order valence-electron chi connectivity index (χ1n) is 4.58. The molecule has 1 heterocycles. The summed E-state index contributed by atoms with van der Waals surface area (Å²) in [7, 11) is 0. The van der Waals surface area contributed by atoms with E-state index >= 15 is 0 Å². The van der Waals surface area contributed by atoms with Crippen LogP contribution in [0.25, 0.3) is 11.3 Å². The zero-order chi connectivity index (χ0) is 11.6. The summed E-state index contributed by atoms with van der Waals surface area (Å²) in [4.78, 5) is 3.90. The lowest BCUT2D eigenvalue weighted by atomic mass is 10.0. The number of halogens is 3. The van der Waals surface area contributed by atoms with Crippen LogP contribution in [0.3, 0.4) is 0 Å². The highest BCUT2D eigenvalue weighted by Crippen LogP contribution is 2.35. The van der Waals surface area contributed by atoms with E-state index in [0.717, 1.165) is 6.07 Å². The molecule has 4 heteroatoms. The summed E-state index contributed by atoms with van der Waals surface area (Å²) in [6, 6.07) is 11.0. The summed E-state index contributed by atoms with van der Waals surface area (Å²) >= 11 is 0. The minimum atomic E-state index is -4.37. The molecule has 0 bridgehead atoms. The second kappa shape index (κ2) is 3.96. The molecule has 0 aliphatic carbocycles. The molecule has 0 fully saturated rings. The predicted octanol–water partition coefficient (Wildman–Crippen LogP) is 3.57. The van der Waals surface area contributed by atoms with Gasteiger partial charge in [-0.1, -0.05) is 12.1 Å². The van der Waals surface area contributed by atoms with Gasteiger partial charge in [-0.25, -0.2) is 0 Å². The van der Waals surface area contributed by atoms with Gasteiger partial charge in [-0.3, -0.25) is 4.98 Å². The van der Waals surface area contributed by atoms with Crippen LogP contribution >= 0.6 is 0 Å². The molecule has 0 saturated carbocycles. The van der Waals surface area contributed by atoms with Gasteiger partial charge in [0.25, 0.3) is 0 Å². The van der Waals surface area contributed by atoms with Crippen LogP contribution in [0, 0.1) is 6.07 Å². The highest BCUT2D eigenvalue weighted by Gasteiger charge is 2.33. The molecule has 1 radical (unpaired) electrons. The third kappa shape index (κ3) is 2.05. The Hall–Kier alpha value is -1.84. The van der Waals surface area contributed by atoms with Crippen LogP contribution in [0.1, 0.15) is 5.56 Å². The van der Waals surface area contributed by atoms with Gasteiger partial charge in [0.05, 0.1) is 11.3 Å². The van der Waals surface area contributed by atoms with E-state index in [4.69, 9.17) is 0 Å². The largest absolute Gasteiger partial charge is 0.417 e. The van der Waals surface area contributed by atoms with E-state index in [1.807, 2.05) is 0 Å². The van der Waals surface area contributed by atoms with E-state index in [1.165, 1.54) is 18.3 Å². The van der Waals surface area contributed by atoms with Crippen molar-refractivity contribution in [1.82, 2.24) is 4.98 Å². The summed E-state index contributed by atoms with van der Waals surface area (Å²) in [5.41, 5.74) is -0.341. The third-order valence-corrected chi connectivity index (χ3v) is 2.11. The van der Waals surface area contributed by atoms with Gasteiger partial charge in [-0.2, -0.15) is 13.2 Å². The fourth-order valence-electron chi connectivity index (χ4n) is 1.41. The Morgan fingerprint density at radius 2 is 1.94 bits per heavy atom. The van der Waals surface area contributed by atoms with Gasteiger partial charge < -0.3 is 0 Å². The SMILES string of the molecule is FC(F)(F)c1cc[c]cc1-c1ccccn1. The lowest BCUT2D eigenvalue weighted by Crippen LogP contribution is -2.07. The maximum absolute atomic E-state index is 12.7. The molecule has 2 rings (SSSR count). The molecule has 2 aromatic rings. The Balaban J connectivity index is 2.58. The van der Waals surface area contributed by atoms with Crippen molar-refractivity contribution in [2.75, 3.05) is 0 Å². The molecule has 1 nitrogen and oxygen atoms in total. The van der Waals surface area contributed by atoms with Crippen LogP contribution in [0.2, 0.25) is 0 Å². The molecular formula is C12H7F3N. The van der Waals surface area contributed by atoms with Crippen molar-refractivity contribution >= 4 is 0 Å². The molecule has 0 N–H and O–H groups in total. The van der Waals surface area contributed by atoms with Crippen molar-refractivity contribution in [3.05, 3.63) is 54.2 Å². The highest BCUT2D eigenvalue weighted by molar-refractivity contribution is 5.63. The number of benzene rings is 1. The molecule has 1 aromatic carbocycles. The Labute approximate surface area is 90.6 Å². The van der Waals surface area contributed by atoms with Crippen molar-refractivity contribution < 1.29 is 13.2 Å². The molecule has 81 valence electrons. The molecule has 0 unspecified atom stereocenters. The van der Waals surface area contributed by atoms with Gasteiger partial charge in [-0.15, -0.1) is 0 Å². The monoisotopic (exact) mass is 222 g/mol. The lowest BCUT2D eigenvalue weighted by molar-refractivity contribution is -0.137. The Morgan fingerprint density at radius 1 is 1.12 bits per heavy atom. The molecule has 0 atom stereocenters. The minimum Gasteiger partial charge on any atom is -0.256 e. The van der Waals surface area contributed by atoms with E-state index in [0.29, 0.717) is 5.69 Å². The van der Waals surface area contributed by atoms with Crippen LogP contribution in [0.4, 0.5) is 13.2 Å². The van der Waals surface area contributed by atoms with Gasteiger partial charge in [0.1, 0.15) is 0 Å². The maximum Gasteiger partial charge on any atom is 0.417 e. The summed E-state index contributed by atoms with van der Waals surface area (Å²) in [5.74, 6) is 0. The number of nitrogens with zero attached hydrogens (tertiary/aromatic N) is 1. The topological polar surface area (TPSA) is 12.9 Å². The van der Waals surface area contributed by atoms with Crippen LogP contribution in [0.5, 0.6) is 0 Å². The second-order valence-electron chi connectivity index (χ2n) is 3.18. The molecule has 0 saturated heterocycles. The average molecular weight is 222 g/mol. The van der Waals surface area contributed by atoms with E-state index in [1.54, 1.807) is 18.2 Å². The fourth-order valence-corrected chi connectivity index (χ4v) is 1.41. The molecule has 0 aliphatic rings. The molecule has 16 heavy (non-hydrogen) atoms. The predicted molar refractivity (Wildman–Crippen MR) is 53.5 cm³/mol. The number of rotatable bonds is 1. The van der Waals surface area contributed by atoms with Gasteiger partial charge in [0.2, 0.25) is 0 Å². The number of pyridine rings is 1. The first-order chi connectivity index (χ1) is 7.59. The minimum absolute atomic E-state index is 0.0515. The van der Waals surface area contributed by atoms with E-state index in [-0.39, 0.29) is 5.56 Å². The molecule has 0 amide bonds. The van der Waals surface area contributed by atoms with Crippen molar-refractivity contribution in [2.45, 2.75) is 6.18 Å². The zero-order valence-corrected chi connectivity index (χ0v) is 8.12. The maximum atomic E-state index is 12.7. The normalized spacial score (nSPS) is 11.4. The van der Waals surface area contributed by atoms with Crippen molar-refractivity contribution in [1.29, 1.82) is 0 Å². The first-order valence-corrected chi connectivity index (χ1v) is 4.58. The second-order valence-corrected chi connectivity index (χ2v) is 3.18. The number of hydrogen-bond acceptors (Lipinski definition) is 1. The third-order valence-electron chi connectivity index (χ3n) is 2.11. The van der Waals surface area contributed by atoms with E-state index in [2.05, 4.69) is 11.1 Å². The van der Waals surface area contributed by atoms with Gasteiger partial charge in [0.15, 0.2) is 0 Å². The summed E-state index contributed by atoms with van der Waals surface area (Å²) in [5, 5.41) is 0. The van der Waals surface area contributed by atoms with Crippen molar-refractivity contribution in [2.24, 2.45) is 0 Å². The Bertz CT molecular complexity index is 477. The van der Waals surface area contributed by atoms with Gasteiger partial charge >= 0.3 is 6.18 Å². The van der Waals surface area contributed by atoms with Crippen molar-refractivity contribution in [3.8, 4) is 11.3 Å². The van der Waals surface area contributed by atoms with E-state index in [9.17, 15) is 13.2 Å². The standard InChI is InChI=1S/C12H7F3N/c13-12(14,15)10-6-2-1-5-9(10)11-7-3-4-8-16-11/h2-8H. The Kier molecular flexibility index (Phi) is 2.64. The zero-order valence-electron chi connectivity index (χ0n) is 8.12. The van der Waals surface area contributed by atoms with Crippen LogP contribution in [0.15, 0.2) is 42.6 Å². The average Bonchev–Trinajstić information content (AvgIpc) is 2.29. The van der Waals surface area contributed by atoms with Gasteiger partial charge in [-0.05, 0) is 30.3 Å². The van der Waals surface area contributed by atoms with E-state index < -0.39 is 11.7 Å². The van der Waals surface area contributed by atoms with Crippen molar-refractivity contribution in [3.63, 3.8) is 0 Å². The first kappa shape index (κ1) is 10.7. The number of aromatic nitrogens is 1. The Morgan fingerprint density at radius 3 is 2.56 bits per heavy atom. The molecule has 1 aromatic heterocycles. The lowest BCUT2D eigenvalue weighted by Gasteiger charge is -2.11. The number of hydrogen-bond donors (Lipinski definition) is 0. The smallest absolute Gasteiger partial charge is 0.256 e. The van der Waals surface area contributed by atoms with Crippen LogP contribution in [-0.4, -0.2) is 4.98 Å². The highest BCUT2D eigenvalue weighted by atomic mass is 19.4.